The first-order valence-corrected chi connectivity index (χ1v) is 7.06. The lowest BCUT2D eigenvalue weighted by Gasteiger charge is -2.15. The maximum atomic E-state index is 9.10. The molecule has 4 nitrogen and oxygen atoms in total. The molecule has 106 valence electrons. The Hall–Kier alpha value is -2.15. The first-order valence-electron chi connectivity index (χ1n) is 7.06. The van der Waals surface area contributed by atoms with Crippen LogP contribution in [0.4, 0.5) is 5.69 Å². The molecule has 0 aromatic heterocycles. The summed E-state index contributed by atoms with van der Waals surface area (Å²) in [5.74, 6) is 1.10. The molecule has 1 heterocycles. The lowest BCUT2D eigenvalue weighted by molar-refractivity contribution is 0.251. The smallest absolute Gasteiger partial charge is 0.139 e. The van der Waals surface area contributed by atoms with Crippen LogP contribution in [0.1, 0.15) is 25.3 Å². The number of ether oxygens (including phenoxy) is 1. The maximum absolute atomic E-state index is 9.10. The SMILES string of the molecule is CCC=CN1CCC(COc2cccc(N)c2C#N)C1. The summed E-state index contributed by atoms with van der Waals surface area (Å²) < 4.78 is 5.79. The largest absolute Gasteiger partial charge is 0.492 e. The molecule has 0 saturated carbocycles. The quantitative estimate of drug-likeness (QED) is 0.836. The van der Waals surface area contributed by atoms with E-state index >= 15 is 0 Å². The van der Waals surface area contributed by atoms with E-state index in [1.165, 1.54) is 0 Å². The van der Waals surface area contributed by atoms with E-state index in [4.69, 9.17) is 15.7 Å². The van der Waals surface area contributed by atoms with E-state index in [2.05, 4.69) is 30.2 Å². The number of nitrogen functional groups attached to an aromatic ring is 1. The summed E-state index contributed by atoms with van der Waals surface area (Å²) in [4.78, 5) is 2.32. The van der Waals surface area contributed by atoms with Gasteiger partial charge in [-0.05, 0) is 31.2 Å². The van der Waals surface area contributed by atoms with Crippen LogP contribution < -0.4 is 10.5 Å². The summed E-state index contributed by atoms with van der Waals surface area (Å²) in [5, 5.41) is 9.10. The first-order chi connectivity index (χ1) is 9.74. The fraction of sp³-hybridized carbons (Fsp3) is 0.438. The molecule has 1 fully saturated rings. The molecule has 1 atom stereocenters. The molecule has 0 bridgehead atoms. The van der Waals surface area contributed by atoms with Crippen molar-refractivity contribution >= 4 is 5.69 Å². The summed E-state index contributed by atoms with van der Waals surface area (Å²) in [6.07, 6.45) is 6.53. The van der Waals surface area contributed by atoms with Crippen molar-refractivity contribution in [1.82, 2.24) is 4.90 Å². The van der Waals surface area contributed by atoms with E-state index in [0.29, 0.717) is 29.5 Å². The summed E-state index contributed by atoms with van der Waals surface area (Å²) in [5.41, 5.74) is 6.69. The number of allylic oxidation sites excluding steroid dienone is 1. The lowest BCUT2D eigenvalue weighted by Crippen LogP contribution is -2.17. The number of nitrogens with two attached hydrogens (primary N) is 1. The molecule has 1 saturated heterocycles. The minimum Gasteiger partial charge on any atom is -0.492 e. The Bertz CT molecular complexity index is 519. The molecule has 1 unspecified atom stereocenters. The number of nitriles is 1. The number of nitrogens with zero attached hydrogens (tertiary/aromatic N) is 2. The van der Waals surface area contributed by atoms with Crippen molar-refractivity contribution in [3.63, 3.8) is 0 Å². The van der Waals surface area contributed by atoms with Gasteiger partial charge in [0.2, 0.25) is 0 Å². The summed E-state index contributed by atoms with van der Waals surface area (Å²) >= 11 is 0. The normalized spacial score (nSPS) is 18.4. The van der Waals surface area contributed by atoms with Gasteiger partial charge in [0.05, 0.1) is 12.3 Å². The van der Waals surface area contributed by atoms with Crippen molar-refractivity contribution in [1.29, 1.82) is 5.26 Å². The van der Waals surface area contributed by atoms with Crippen LogP contribution >= 0.6 is 0 Å². The van der Waals surface area contributed by atoms with Gasteiger partial charge >= 0.3 is 0 Å². The highest BCUT2D eigenvalue weighted by Gasteiger charge is 2.21. The number of benzene rings is 1. The van der Waals surface area contributed by atoms with Crippen LogP contribution in [0.3, 0.4) is 0 Å². The standard InChI is InChI=1S/C16H21N3O/c1-2-3-8-19-9-7-13(11-19)12-20-16-6-4-5-15(18)14(16)10-17/h3-6,8,13H,2,7,9,11-12,18H2,1H3. The van der Waals surface area contributed by atoms with E-state index < -0.39 is 0 Å². The summed E-state index contributed by atoms with van der Waals surface area (Å²) in [6.45, 7) is 4.86. The van der Waals surface area contributed by atoms with Gasteiger partial charge in [0.1, 0.15) is 17.4 Å². The van der Waals surface area contributed by atoms with E-state index in [0.717, 1.165) is 25.9 Å². The molecule has 0 spiro atoms. The third-order valence-corrected chi connectivity index (χ3v) is 3.51. The zero-order valence-corrected chi connectivity index (χ0v) is 11.9. The number of hydrogen-bond donors (Lipinski definition) is 1. The Balaban J connectivity index is 1.90. The van der Waals surface area contributed by atoms with Crippen molar-refractivity contribution in [2.24, 2.45) is 5.92 Å². The van der Waals surface area contributed by atoms with Crippen molar-refractivity contribution in [3.8, 4) is 11.8 Å². The molecule has 4 heteroatoms. The van der Waals surface area contributed by atoms with Crippen molar-refractivity contribution in [2.75, 3.05) is 25.4 Å². The highest BCUT2D eigenvalue weighted by Crippen LogP contribution is 2.25. The van der Waals surface area contributed by atoms with E-state index in [1.54, 1.807) is 12.1 Å². The average Bonchev–Trinajstić information content (AvgIpc) is 2.91. The van der Waals surface area contributed by atoms with Gasteiger partial charge in [-0.1, -0.05) is 19.1 Å². The predicted octanol–water partition coefficient (Wildman–Crippen LogP) is 2.76. The number of likely N-dealkylation sites (tertiary alicyclic amines) is 1. The highest BCUT2D eigenvalue weighted by molar-refractivity contribution is 5.60. The van der Waals surface area contributed by atoms with Crippen LogP contribution in [0.2, 0.25) is 0 Å². The van der Waals surface area contributed by atoms with Crippen molar-refractivity contribution in [3.05, 3.63) is 36.0 Å². The van der Waals surface area contributed by atoms with Gasteiger partial charge in [0, 0.05) is 19.0 Å². The predicted molar refractivity (Wildman–Crippen MR) is 80.2 cm³/mol. The summed E-state index contributed by atoms with van der Waals surface area (Å²) in [6, 6.07) is 7.44. The zero-order chi connectivity index (χ0) is 14.4. The Morgan fingerprint density at radius 2 is 2.40 bits per heavy atom. The molecule has 1 aromatic carbocycles. The second kappa shape index (κ2) is 6.85. The van der Waals surface area contributed by atoms with Gasteiger partial charge in [0.15, 0.2) is 0 Å². The minimum absolute atomic E-state index is 0.438. The molecular formula is C16H21N3O. The Kier molecular flexibility index (Phi) is 4.89. The Labute approximate surface area is 120 Å². The maximum Gasteiger partial charge on any atom is 0.139 e. The van der Waals surface area contributed by atoms with Crippen LogP contribution in [-0.4, -0.2) is 24.6 Å². The Morgan fingerprint density at radius 1 is 1.55 bits per heavy atom. The summed E-state index contributed by atoms with van der Waals surface area (Å²) in [7, 11) is 0. The molecule has 1 aliphatic heterocycles. The molecule has 2 N–H and O–H groups in total. The van der Waals surface area contributed by atoms with Crippen LogP contribution in [0.25, 0.3) is 0 Å². The number of rotatable bonds is 5. The third-order valence-electron chi connectivity index (χ3n) is 3.51. The second-order valence-corrected chi connectivity index (χ2v) is 5.09. The molecule has 20 heavy (non-hydrogen) atoms. The number of anilines is 1. The molecule has 0 aliphatic carbocycles. The van der Waals surface area contributed by atoms with Gasteiger partial charge in [0.25, 0.3) is 0 Å². The third kappa shape index (κ3) is 3.45. The van der Waals surface area contributed by atoms with Crippen LogP contribution in [0, 0.1) is 17.2 Å². The van der Waals surface area contributed by atoms with Gasteiger partial charge < -0.3 is 15.4 Å². The molecule has 0 amide bonds. The van der Waals surface area contributed by atoms with Crippen LogP contribution in [0.5, 0.6) is 5.75 Å². The fourth-order valence-electron chi connectivity index (χ4n) is 2.38. The fourth-order valence-corrected chi connectivity index (χ4v) is 2.38. The van der Waals surface area contributed by atoms with Gasteiger partial charge in [-0.15, -0.1) is 0 Å². The topological polar surface area (TPSA) is 62.3 Å². The molecule has 1 aromatic rings. The lowest BCUT2D eigenvalue weighted by atomic mass is 10.1. The second-order valence-electron chi connectivity index (χ2n) is 5.09. The van der Waals surface area contributed by atoms with E-state index in [-0.39, 0.29) is 0 Å². The van der Waals surface area contributed by atoms with Gasteiger partial charge in [-0.25, -0.2) is 0 Å². The van der Waals surface area contributed by atoms with Crippen LogP contribution in [-0.2, 0) is 0 Å². The van der Waals surface area contributed by atoms with Gasteiger partial charge in [-0.3, -0.25) is 0 Å². The molecule has 2 rings (SSSR count). The minimum atomic E-state index is 0.438. The molecule has 0 radical (unpaired) electrons. The first kappa shape index (κ1) is 14.3. The van der Waals surface area contributed by atoms with E-state index in [1.807, 2.05) is 6.07 Å². The van der Waals surface area contributed by atoms with E-state index in [9.17, 15) is 0 Å². The molecular weight excluding hydrogens is 250 g/mol. The van der Waals surface area contributed by atoms with Crippen molar-refractivity contribution in [2.45, 2.75) is 19.8 Å². The Morgan fingerprint density at radius 3 is 3.15 bits per heavy atom. The average molecular weight is 271 g/mol. The van der Waals surface area contributed by atoms with Gasteiger partial charge in [-0.2, -0.15) is 5.26 Å². The van der Waals surface area contributed by atoms with Crippen molar-refractivity contribution < 1.29 is 4.74 Å². The molecule has 1 aliphatic rings. The highest BCUT2D eigenvalue weighted by atomic mass is 16.5. The number of hydrogen-bond acceptors (Lipinski definition) is 4. The van der Waals surface area contributed by atoms with Crippen LogP contribution in [0.15, 0.2) is 30.5 Å². The monoisotopic (exact) mass is 271 g/mol. The zero-order valence-electron chi connectivity index (χ0n) is 11.9.